The molecule has 0 spiro atoms. The Labute approximate surface area is 92.4 Å². The first-order chi connectivity index (χ1) is 7.24. The zero-order valence-electron chi connectivity index (χ0n) is 9.38. The molecule has 0 unspecified atom stereocenters. The van der Waals surface area contributed by atoms with Crippen molar-refractivity contribution in [3.8, 4) is 11.8 Å². The third-order valence-electron chi connectivity index (χ3n) is 2.18. The average molecular weight is 196 g/mol. The van der Waals surface area contributed by atoms with Gasteiger partial charge in [0.25, 0.3) is 0 Å². The lowest BCUT2D eigenvalue weighted by molar-refractivity contribution is 1.43. The van der Waals surface area contributed by atoms with Gasteiger partial charge in [-0.1, -0.05) is 54.4 Å². The van der Waals surface area contributed by atoms with Gasteiger partial charge >= 0.3 is 0 Å². The fourth-order valence-electron chi connectivity index (χ4n) is 1.12. The summed E-state index contributed by atoms with van der Waals surface area (Å²) in [6.07, 6.45) is 13.0. The van der Waals surface area contributed by atoms with Crippen molar-refractivity contribution in [2.45, 2.75) is 20.3 Å². The van der Waals surface area contributed by atoms with Crippen LogP contribution in [0.5, 0.6) is 0 Å². The van der Waals surface area contributed by atoms with Gasteiger partial charge in [-0.25, -0.2) is 0 Å². The molecule has 0 aromatic heterocycles. The molecule has 0 heteroatoms. The predicted molar refractivity (Wildman–Crippen MR) is 67.3 cm³/mol. The van der Waals surface area contributed by atoms with Gasteiger partial charge in [0.1, 0.15) is 0 Å². The monoisotopic (exact) mass is 196 g/mol. The van der Waals surface area contributed by atoms with Crippen molar-refractivity contribution in [3.63, 3.8) is 0 Å². The molecule has 0 aromatic rings. The van der Waals surface area contributed by atoms with Gasteiger partial charge in [-0.2, -0.15) is 0 Å². The van der Waals surface area contributed by atoms with Gasteiger partial charge in [-0.05, 0) is 25.5 Å². The van der Waals surface area contributed by atoms with Crippen LogP contribution in [0.25, 0.3) is 0 Å². The Bertz CT molecular complexity index is 415. The van der Waals surface area contributed by atoms with Gasteiger partial charge in [-0.3, -0.25) is 0 Å². The molecule has 0 N–H and O–H groups in total. The summed E-state index contributed by atoms with van der Waals surface area (Å²) in [4.78, 5) is 0. The second kappa shape index (κ2) is 5.88. The largest absolute Gasteiger partial charge is 0.0988 e. The van der Waals surface area contributed by atoms with Crippen LogP contribution >= 0.6 is 0 Å². The smallest absolute Gasteiger partial charge is 0.0276 e. The highest BCUT2D eigenvalue weighted by Crippen LogP contribution is 2.11. The normalized spacial score (nSPS) is 16.3. The standard InChI is InChI=1S/C15H16/c1-4-13(2)11-12-14(3)15-9-7-5-6-8-10-15/h4-5,7,9,11-12H,1,6H2,2-3H3/b13-11-,14-12+. The Morgan fingerprint density at radius 3 is 2.93 bits per heavy atom. The highest BCUT2D eigenvalue weighted by molar-refractivity contribution is 5.49. The van der Waals surface area contributed by atoms with Crippen molar-refractivity contribution in [2.24, 2.45) is 0 Å². The van der Waals surface area contributed by atoms with E-state index in [0.717, 1.165) is 17.6 Å². The van der Waals surface area contributed by atoms with E-state index < -0.39 is 0 Å². The van der Waals surface area contributed by atoms with Crippen molar-refractivity contribution in [1.82, 2.24) is 0 Å². The van der Waals surface area contributed by atoms with E-state index in [-0.39, 0.29) is 0 Å². The zero-order chi connectivity index (χ0) is 11.1. The van der Waals surface area contributed by atoms with E-state index in [2.05, 4.69) is 49.6 Å². The minimum Gasteiger partial charge on any atom is -0.0988 e. The maximum absolute atomic E-state index is 3.71. The van der Waals surface area contributed by atoms with Gasteiger partial charge in [-0.15, -0.1) is 0 Å². The summed E-state index contributed by atoms with van der Waals surface area (Å²) < 4.78 is 0. The summed E-state index contributed by atoms with van der Waals surface area (Å²) in [5.74, 6) is 6.24. The molecule has 0 fully saturated rings. The molecule has 0 aliphatic heterocycles. The topological polar surface area (TPSA) is 0 Å². The van der Waals surface area contributed by atoms with Gasteiger partial charge in [0, 0.05) is 12.0 Å². The lowest BCUT2D eigenvalue weighted by Gasteiger charge is -1.97. The molecular weight excluding hydrogens is 180 g/mol. The van der Waals surface area contributed by atoms with Crippen LogP contribution in [0.3, 0.4) is 0 Å². The number of rotatable bonds is 3. The minimum absolute atomic E-state index is 0.842. The second-order valence-electron chi connectivity index (χ2n) is 3.48. The molecule has 1 rings (SSSR count). The first-order valence-corrected chi connectivity index (χ1v) is 5.07. The van der Waals surface area contributed by atoms with E-state index in [9.17, 15) is 0 Å². The summed E-state index contributed by atoms with van der Waals surface area (Å²) in [5, 5.41) is 0. The molecule has 76 valence electrons. The molecule has 0 heterocycles. The van der Waals surface area contributed by atoms with Crippen molar-refractivity contribution >= 4 is 0 Å². The van der Waals surface area contributed by atoms with Crippen LogP contribution in [0, 0.1) is 11.8 Å². The molecule has 0 atom stereocenters. The maximum Gasteiger partial charge on any atom is 0.0276 e. The molecule has 0 amide bonds. The Kier molecular flexibility index (Phi) is 4.44. The van der Waals surface area contributed by atoms with Crippen molar-refractivity contribution in [1.29, 1.82) is 0 Å². The Morgan fingerprint density at radius 1 is 1.40 bits per heavy atom. The summed E-state index contributed by atoms with van der Waals surface area (Å²) in [6.45, 7) is 7.82. The molecule has 0 saturated carbocycles. The van der Waals surface area contributed by atoms with Crippen LogP contribution in [0.2, 0.25) is 0 Å². The van der Waals surface area contributed by atoms with Crippen LogP contribution in [0.1, 0.15) is 20.3 Å². The molecule has 0 nitrogen and oxygen atoms in total. The third-order valence-corrected chi connectivity index (χ3v) is 2.18. The van der Waals surface area contributed by atoms with E-state index in [0.29, 0.717) is 0 Å². The predicted octanol–water partition coefficient (Wildman–Crippen LogP) is 3.95. The highest BCUT2D eigenvalue weighted by Gasteiger charge is 1.94. The lowest BCUT2D eigenvalue weighted by atomic mass is 10.1. The molecule has 1 aliphatic rings. The molecule has 0 saturated heterocycles. The van der Waals surface area contributed by atoms with Gasteiger partial charge < -0.3 is 0 Å². The van der Waals surface area contributed by atoms with E-state index >= 15 is 0 Å². The molecule has 0 bridgehead atoms. The molecule has 0 aromatic carbocycles. The summed E-state index contributed by atoms with van der Waals surface area (Å²) in [6, 6.07) is 0. The van der Waals surface area contributed by atoms with Crippen LogP contribution in [-0.2, 0) is 0 Å². The van der Waals surface area contributed by atoms with Crippen LogP contribution in [0.4, 0.5) is 0 Å². The summed E-state index contributed by atoms with van der Waals surface area (Å²) in [5.41, 5.74) is 3.44. The number of hydrogen-bond acceptors (Lipinski definition) is 0. The zero-order valence-corrected chi connectivity index (χ0v) is 9.38. The maximum atomic E-state index is 3.71. The van der Waals surface area contributed by atoms with E-state index in [1.807, 2.05) is 19.1 Å². The van der Waals surface area contributed by atoms with Crippen molar-refractivity contribution in [3.05, 3.63) is 59.8 Å². The highest BCUT2D eigenvalue weighted by atomic mass is 14.0. The van der Waals surface area contributed by atoms with Crippen molar-refractivity contribution in [2.75, 3.05) is 0 Å². The third kappa shape index (κ3) is 3.87. The van der Waals surface area contributed by atoms with Gasteiger partial charge in [0.15, 0.2) is 0 Å². The molecule has 0 radical (unpaired) electrons. The molecule has 15 heavy (non-hydrogen) atoms. The molecule has 1 aliphatic carbocycles. The SMILES string of the molecule is C=C/C(C)=C\C=C(/C)C1=CC=CCC#C1. The average Bonchev–Trinajstić information content (AvgIpc) is 2.53. The first kappa shape index (κ1) is 11.3. The van der Waals surface area contributed by atoms with Gasteiger partial charge in [0.05, 0.1) is 0 Å². The minimum atomic E-state index is 0.842. The number of hydrogen-bond donors (Lipinski definition) is 0. The molecular formula is C15H16. The summed E-state index contributed by atoms with van der Waals surface area (Å²) in [7, 11) is 0. The fraction of sp³-hybridized carbons (Fsp3) is 0.200. The van der Waals surface area contributed by atoms with Crippen LogP contribution in [-0.4, -0.2) is 0 Å². The quantitative estimate of drug-likeness (QED) is 0.473. The fourth-order valence-corrected chi connectivity index (χ4v) is 1.12. The first-order valence-electron chi connectivity index (χ1n) is 5.07. The van der Waals surface area contributed by atoms with E-state index in [1.165, 1.54) is 5.57 Å². The lowest BCUT2D eigenvalue weighted by Crippen LogP contribution is -1.80. The number of allylic oxidation sites excluding steroid dienone is 9. The Morgan fingerprint density at radius 2 is 2.20 bits per heavy atom. The van der Waals surface area contributed by atoms with Crippen LogP contribution < -0.4 is 0 Å². The Balaban J connectivity index is 2.87. The van der Waals surface area contributed by atoms with E-state index in [4.69, 9.17) is 0 Å². The Hall–Kier alpha value is -1.74. The summed E-state index contributed by atoms with van der Waals surface area (Å²) >= 11 is 0. The van der Waals surface area contributed by atoms with Crippen molar-refractivity contribution < 1.29 is 0 Å². The van der Waals surface area contributed by atoms with E-state index in [1.54, 1.807) is 0 Å². The van der Waals surface area contributed by atoms with Gasteiger partial charge in [0.2, 0.25) is 0 Å². The van der Waals surface area contributed by atoms with Crippen LogP contribution in [0.15, 0.2) is 59.8 Å². The second-order valence-corrected chi connectivity index (χ2v) is 3.48.